The highest BCUT2D eigenvalue weighted by molar-refractivity contribution is 6.04. The maximum atomic E-state index is 12.6. The zero-order valence-corrected chi connectivity index (χ0v) is 18.7. The fourth-order valence-corrected chi connectivity index (χ4v) is 3.90. The molecule has 0 bridgehead atoms. The van der Waals surface area contributed by atoms with Gasteiger partial charge >= 0.3 is 0 Å². The van der Waals surface area contributed by atoms with E-state index in [-0.39, 0.29) is 17.9 Å². The van der Waals surface area contributed by atoms with Gasteiger partial charge in [-0.2, -0.15) is 0 Å². The minimum atomic E-state index is -0.119. The first-order valence-electron chi connectivity index (χ1n) is 11.5. The van der Waals surface area contributed by atoms with Gasteiger partial charge in [-0.3, -0.25) is 19.4 Å². The molecule has 0 atom stereocenters. The Morgan fingerprint density at radius 2 is 1.66 bits per heavy atom. The monoisotopic (exact) mass is 436 g/mol. The summed E-state index contributed by atoms with van der Waals surface area (Å²) in [4.78, 5) is 29.6. The molecule has 2 fully saturated rings. The third-order valence-electron chi connectivity index (χ3n) is 5.83. The van der Waals surface area contributed by atoms with Gasteiger partial charge in [0.25, 0.3) is 5.91 Å². The van der Waals surface area contributed by atoms with E-state index in [4.69, 9.17) is 4.74 Å². The molecule has 1 saturated carbocycles. The van der Waals surface area contributed by atoms with Crippen LogP contribution >= 0.6 is 0 Å². The van der Waals surface area contributed by atoms with E-state index in [1.165, 1.54) is 5.56 Å². The SMILES string of the molecule is CCOc1ccc(CN2CCN(CC(=O)Nc3ccccc3C(=O)NC3CC3)CC2)cc1. The van der Waals surface area contributed by atoms with Crippen LogP contribution in [0.25, 0.3) is 0 Å². The Bertz CT molecular complexity index is 919. The molecule has 2 aromatic rings. The van der Waals surface area contributed by atoms with Crippen molar-refractivity contribution in [2.24, 2.45) is 0 Å². The summed E-state index contributed by atoms with van der Waals surface area (Å²) >= 11 is 0. The molecule has 2 N–H and O–H groups in total. The number of amides is 2. The molecule has 1 heterocycles. The zero-order valence-electron chi connectivity index (χ0n) is 18.7. The minimum Gasteiger partial charge on any atom is -0.494 e. The Kier molecular flexibility index (Phi) is 7.39. The number of carbonyl (C=O) groups excluding carboxylic acids is 2. The lowest BCUT2D eigenvalue weighted by atomic mass is 10.1. The smallest absolute Gasteiger partial charge is 0.253 e. The van der Waals surface area contributed by atoms with Crippen molar-refractivity contribution in [3.8, 4) is 5.75 Å². The number of rotatable bonds is 9. The summed E-state index contributed by atoms with van der Waals surface area (Å²) in [6.45, 7) is 7.40. The second-order valence-corrected chi connectivity index (χ2v) is 8.47. The Morgan fingerprint density at radius 1 is 0.969 bits per heavy atom. The highest BCUT2D eigenvalue weighted by Crippen LogP contribution is 2.21. The molecule has 1 aliphatic carbocycles. The fraction of sp³-hybridized carbons (Fsp3) is 0.440. The van der Waals surface area contributed by atoms with Crippen LogP contribution < -0.4 is 15.4 Å². The van der Waals surface area contributed by atoms with E-state index in [0.29, 0.717) is 24.4 Å². The van der Waals surface area contributed by atoms with Crippen molar-refractivity contribution in [1.29, 1.82) is 0 Å². The van der Waals surface area contributed by atoms with Crippen molar-refractivity contribution in [3.05, 3.63) is 59.7 Å². The average Bonchev–Trinajstić information content (AvgIpc) is 3.61. The van der Waals surface area contributed by atoms with Crippen molar-refractivity contribution in [1.82, 2.24) is 15.1 Å². The van der Waals surface area contributed by atoms with Gasteiger partial charge in [-0.25, -0.2) is 0 Å². The van der Waals surface area contributed by atoms with Crippen LogP contribution in [-0.4, -0.2) is 67.0 Å². The Hall–Kier alpha value is -2.90. The number of carbonyl (C=O) groups is 2. The third kappa shape index (κ3) is 6.31. The molecule has 0 aromatic heterocycles. The summed E-state index contributed by atoms with van der Waals surface area (Å²) in [6.07, 6.45) is 2.07. The molecular formula is C25H32N4O3. The number of nitrogens with one attached hydrogen (secondary N) is 2. The number of piperazine rings is 1. The zero-order chi connectivity index (χ0) is 22.3. The summed E-state index contributed by atoms with van der Waals surface area (Å²) in [7, 11) is 0. The van der Waals surface area contributed by atoms with E-state index in [9.17, 15) is 9.59 Å². The molecule has 32 heavy (non-hydrogen) atoms. The maximum Gasteiger partial charge on any atom is 0.253 e. The molecule has 2 aliphatic rings. The minimum absolute atomic E-state index is 0.0864. The first kappa shape index (κ1) is 22.3. The molecule has 4 rings (SSSR count). The number of nitrogens with zero attached hydrogens (tertiary/aromatic N) is 2. The Labute approximate surface area is 189 Å². The number of benzene rings is 2. The fourth-order valence-electron chi connectivity index (χ4n) is 3.90. The van der Waals surface area contributed by atoms with Gasteiger partial charge in [0.1, 0.15) is 5.75 Å². The summed E-state index contributed by atoms with van der Waals surface area (Å²) in [5.41, 5.74) is 2.36. The number of hydrogen-bond acceptors (Lipinski definition) is 5. The van der Waals surface area contributed by atoms with Crippen molar-refractivity contribution in [3.63, 3.8) is 0 Å². The van der Waals surface area contributed by atoms with E-state index < -0.39 is 0 Å². The standard InChI is InChI=1S/C25H32N4O3/c1-2-32-21-11-7-19(8-12-21)17-28-13-15-29(16-14-28)18-24(30)27-23-6-4-3-5-22(23)25(31)26-20-9-10-20/h3-8,11-12,20H,2,9-10,13-18H2,1H3,(H,26,31)(H,27,30). The molecule has 7 nitrogen and oxygen atoms in total. The van der Waals surface area contributed by atoms with Crippen LogP contribution in [0.2, 0.25) is 0 Å². The highest BCUT2D eigenvalue weighted by atomic mass is 16.5. The summed E-state index contributed by atoms with van der Waals surface area (Å²) in [5.74, 6) is 0.696. The predicted molar refractivity (Wildman–Crippen MR) is 125 cm³/mol. The molecule has 7 heteroatoms. The second kappa shape index (κ2) is 10.6. The van der Waals surface area contributed by atoms with Gasteiger partial charge < -0.3 is 15.4 Å². The summed E-state index contributed by atoms with van der Waals surface area (Å²) in [6, 6.07) is 15.7. The topological polar surface area (TPSA) is 73.9 Å². The Morgan fingerprint density at radius 3 is 2.34 bits per heavy atom. The lowest BCUT2D eigenvalue weighted by Crippen LogP contribution is -2.48. The first-order chi connectivity index (χ1) is 15.6. The van der Waals surface area contributed by atoms with Gasteiger partial charge in [-0.15, -0.1) is 0 Å². The van der Waals surface area contributed by atoms with Crippen LogP contribution in [0.4, 0.5) is 5.69 Å². The normalized spacial score (nSPS) is 17.0. The van der Waals surface area contributed by atoms with Gasteiger partial charge in [-0.05, 0) is 49.6 Å². The molecule has 2 aromatic carbocycles. The van der Waals surface area contributed by atoms with Gasteiger partial charge in [0, 0.05) is 38.8 Å². The summed E-state index contributed by atoms with van der Waals surface area (Å²) < 4.78 is 5.50. The molecule has 1 saturated heterocycles. The van der Waals surface area contributed by atoms with Crippen molar-refractivity contribution in [2.45, 2.75) is 32.4 Å². The van der Waals surface area contributed by atoms with Crippen molar-refractivity contribution >= 4 is 17.5 Å². The van der Waals surface area contributed by atoms with Crippen molar-refractivity contribution in [2.75, 3.05) is 44.6 Å². The van der Waals surface area contributed by atoms with Crippen LogP contribution in [0.15, 0.2) is 48.5 Å². The lowest BCUT2D eigenvalue weighted by Gasteiger charge is -2.34. The van der Waals surface area contributed by atoms with Crippen LogP contribution in [0.5, 0.6) is 5.75 Å². The van der Waals surface area contributed by atoms with E-state index in [2.05, 4.69) is 32.6 Å². The molecule has 0 unspecified atom stereocenters. The average molecular weight is 437 g/mol. The molecule has 170 valence electrons. The molecular weight excluding hydrogens is 404 g/mol. The van der Waals surface area contributed by atoms with E-state index >= 15 is 0 Å². The number of anilines is 1. The first-order valence-corrected chi connectivity index (χ1v) is 11.5. The van der Waals surface area contributed by atoms with Gasteiger partial charge in [0.2, 0.25) is 5.91 Å². The molecule has 1 aliphatic heterocycles. The third-order valence-corrected chi connectivity index (χ3v) is 5.83. The van der Waals surface area contributed by atoms with Gasteiger partial charge in [0.05, 0.1) is 24.4 Å². The molecule has 0 spiro atoms. The molecule has 0 radical (unpaired) electrons. The van der Waals surface area contributed by atoms with Crippen LogP contribution in [0.1, 0.15) is 35.7 Å². The van der Waals surface area contributed by atoms with E-state index in [1.807, 2.05) is 31.2 Å². The lowest BCUT2D eigenvalue weighted by molar-refractivity contribution is -0.117. The van der Waals surface area contributed by atoms with Crippen LogP contribution in [0, 0.1) is 0 Å². The highest BCUT2D eigenvalue weighted by Gasteiger charge is 2.25. The van der Waals surface area contributed by atoms with Gasteiger partial charge in [0.15, 0.2) is 0 Å². The Balaban J connectivity index is 1.23. The molecule has 2 amide bonds. The van der Waals surface area contributed by atoms with Crippen LogP contribution in [0.3, 0.4) is 0 Å². The van der Waals surface area contributed by atoms with Gasteiger partial charge in [-0.1, -0.05) is 24.3 Å². The maximum absolute atomic E-state index is 12.6. The van der Waals surface area contributed by atoms with Crippen molar-refractivity contribution < 1.29 is 14.3 Å². The largest absolute Gasteiger partial charge is 0.494 e. The quantitative estimate of drug-likeness (QED) is 0.632. The number of hydrogen-bond donors (Lipinski definition) is 2. The summed E-state index contributed by atoms with van der Waals surface area (Å²) in [5, 5.41) is 5.92. The number of ether oxygens (including phenoxy) is 1. The second-order valence-electron chi connectivity index (χ2n) is 8.47. The van der Waals surface area contributed by atoms with E-state index in [1.54, 1.807) is 12.1 Å². The predicted octanol–water partition coefficient (Wildman–Crippen LogP) is 2.73. The van der Waals surface area contributed by atoms with Crippen LogP contribution in [-0.2, 0) is 11.3 Å². The number of para-hydroxylation sites is 1. The van der Waals surface area contributed by atoms with E-state index in [0.717, 1.165) is 51.3 Å².